The van der Waals surface area contributed by atoms with Gasteiger partial charge in [0, 0.05) is 42.8 Å². The number of thiazole rings is 1. The average molecular weight is 303 g/mol. The molecule has 0 N–H and O–H groups in total. The summed E-state index contributed by atoms with van der Waals surface area (Å²) >= 11 is 1.72. The average Bonchev–Trinajstić information content (AvgIpc) is 2.76. The summed E-state index contributed by atoms with van der Waals surface area (Å²) in [6, 6.07) is 6.11. The Bertz CT molecular complexity index is 558. The van der Waals surface area contributed by atoms with E-state index in [9.17, 15) is 0 Å². The minimum absolute atomic E-state index is 0.502. The molecule has 1 saturated heterocycles. The van der Waals surface area contributed by atoms with Crippen molar-refractivity contribution in [3.63, 3.8) is 0 Å². The maximum absolute atomic E-state index is 5.77. The minimum atomic E-state index is 0.502. The summed E-state index contributed by atoms with van der Waals surface area (Å²) in [6.45, 7) is 6.64. The monoisotopic (exact) mass is 303 g/mol. The van der Waals surface area contributed by atoms with Gasteiger partial charge in [-0.3, -0.25) is 9.88 Å². The third-order valence-corrected chi connectivity index (χ3v) is 4.52. The molecule has 0 amide bonds. The van der Waals surface area contributed by atoms with Crippen molar-refractivity contribution in [1.82, 2.24) is 14.9 Å². The molecule has 1 fully saturated rings. The lowest BCUT2D eigenvalue weighted by Gasteiger charge is -2.22. The van der Waals surface area contributed by atoms with Gasteiger partial charge in [-0.05, 0) is 25.5 Å². The van der Waals surface area contributed by atoms with Gasteiger partial charge < -0.3 is 4.74 Å². The Morgan fingerprint density at radius 1 is 1.38 bits per heavy atom. The largest absolute Gasteiger partial charge is 0.380 e. The molecule has 21 heavy (non-hydrogen) atoms. The molecule has 0 radical (unpaired) electrons. The molecule has 2 aromatic rings. The van der Waals surface area contributed by atoms with Crippen molar-refractivity contribution in [2.75, 3.05) is 26.3 Å². The Labute approximate surface area is 129 Å². The van der Waals surface area contributed by atoms with E-state index < -0.39 is 0 Å². The number of aryl methyl sites for hydroxylation is 1. The van der Waals surface area contributed by atoms with Crippen molar-refractivity contribution < 1.29 is 4.74 Å². The minimum Gasteiger partial charge on any atom is -0.380 e. The van der Waals surface area contributed by atoms with Gasteiger partial charge >= 0.3 is 0 Å². The van der Waals surface area contributed by atoms with E-state index in [1.807, 2.05) is 12.3 Å². The van der Waals surface area contributed by atoms with Crippen LogP contribution in [0.1, 0.15) is 16.4 Å². The first-order chi connectivity index (χ1) is 10.3. The third kappa shape index (κ3) is 4.33. The van der Waals surface area contributed by atoms with Gasteiger partial charge in [-0.2, -0.15) is 0 Å². The van der Waals surface area contributed by atoms with E-state index >= 15 is 0 Å². The highest BCUT2D eigenvalue weighted by Gasteiger charge is 2.20. The normalized spacial score (nSPS) is 20.3. The van der Waals surface area contributed by atoms with Gasteiger partial charge in [-0.1, -0.05) is 6.07 Å². The Balaban J connectivity index is 1.60. The van der Waals surface area contributed by atoms with E-state index in [4.69, 9.17) is 4.74 Å². The number of hydrogen-bond donors (Lipinski definition) is 0. The first-order valence-electron chi connectivity index (χ1n) is 7.40. The summed E-state index contributed by atoms with van der Waals surface area (Å²) in [5, 5.41) is 3.30. The molecule has 0 saturated carbocycles. The molecule has 3 rings (SSSR count). The van der Waals surface area contributed by atoms with Gasteiger partial charge in [-0.25, -0.2) is 4.98 Å². The van der Waals surface area contributed by atoms with Crippen LogP contribution in [0.5, 0.6) is 0 Å². The van der Waals surface area contributed by atoms with Crippen LogP contribution < -0.4 is 0 Å². The molecule has 1 aliphatic heterocycles. The Morgan fingerprint density at radius 3 is 3.10 bits per heavy atom. The summed E-state index contributed by atoms with van der Waals surface area (Å²) in [7, 11) is 0. The Morgan fingerprint density at radius 2 is 2.33 bits per heavy atom. The third-order valence-electron chi connectivity index (χ3n) is 3.70. The zero-order valence-electron chi connectivity index (χ0n) is 12.4. The van der Waals surface area contributed by atoms with E-state index in [-0.39, 0.29) is 0 Å². The molecule has 0 unspecified atom stereocenters. The molecule has 2 aromatic heterocycles. The van der Waals surface area contributed by atoms with Crippen LogP contribution in [0.2, 0.25) is 0 Å². The predicted octanol–water partition coefficient (Wildman–Crippen LogP) is 2.54. The van der Waals surface area contributed by atoms with E-state index in [1.54, 1.807) is 11.3 Å². The van der Waals surface area contributed by atoms with E-state index in [2.05, 4.69) is 39.3 Å². The molecule has 0 aliphatic carbocycles. The van der Waals surface area contributed by atoms with E-state index in [0.717, 1.165) is 50.0 Å². The lowest BCUT2D eigenvalue weighted by molar-refractivity contribution is 0.121. The summed E-state index contributed by atoms with van der Waals surface area (Å²) < 4.78 is 5.77. The summed E-state index contributed by atoms with van der Waals surface area (Å²) in [6.07, 6.45) is 2.84. The lowest BCUT2D eigenvalue weighted by Crippen LogP contribution is -2.30. The molecule has 112 valence electrons. The molecule has 4 nitrogen and oxygen atoms in total. The second-order valence-corrected chi connectivity index (χ2v) is 6.62. The lowest BCUT2D eigenvalue weighted by atomic mass is 10.0. The fraction of sp³-hybridized carbons (Fsp3) is 0.500. The quantitative estimate of drug-likeness (QED) is 0.870. The Hall–Kier alpha value is -1.30. The van der Waals surface area contributed by atoms with E-state index in [0.29, 0.717) is 5.92 Å². The fourth-order valence-corrected chi connectivity index (χ4v) is 3.35. The van der Waals surface area contributed by atoms with Crippen LogP contribution >= 0.6 is 11.3 Å². The standard InChI is InChI=1S/C16H21N3OS/c1-13-18-16(12-21-13)10-19-6-7-20-11-14(9-19)8-15-4-2-3-5-17-15/h2-5,12,14H,6-11H2,1H3/t14-/m0/s1. The number of ether oxygens (including phenoxy) is 1. The molecular formula is C16H21N3OS. The topological polar surface area (TPSA) is 38.2 Å². The first-order valence-corrected chi connectivity index (χ1v) is 8.28. The van der Waals surface area contributed by atoms with Crippen LogP contribution in [-0.2, 0) is 17.7 Å². The van der Waals surface area contributed by atoms with Crippen molar-refractivity contribution in [3.8, 4) is 0 Å². The van der Waals surface area contributed by atoms with Gasteiger partial charge in [0.15, 0.2) is 0 Å². The van der Waals surface area contributed by atoms with Crippen LogP contribution in [-0.4, -0.2) is 41.2 Å². The molecule has 3 heterocycles. The summed E-state index contributed by atoms with van der Waals surface area (Å²) in [5.41, 5.74) is 2.33. The molecule has 0 spiro atoms. The highest BCUT2D eigenvalue weighted by molar-refractivity contribution is 7.09. The number of aromatic nitrogens is 2. The van der Waals surface area contributed by atoms with Crippen molar-refractivity contribution in [3.05, 3.63) is 46.2 Å². The molecule has 5 heteroatoms. The Kier molecular flexibility index (Phi) is 4.95. The van der Waals surface area contributed by atoms with Gasteiger partial charge in [0.25, 0.3) is 0 Å². The van der Waals surface area contributed by atoms with Crippen molar-refractivity contribution >= 4 is 11.3 Å². The van der Waals surface area contributed by atoms with Crippen LogP contribution in [0.3, 0.4) is 0 Å². The van der Waals surface area contributed by atoms with E-state index in [1.165, 1.54) is 5.69 Å². The maximum atomic E-state index is 5.77. The van der Waals surface area contributed by atoms with Crippen LogP contribution in [0.15, 0.2) is 29.8 Å². The van der Waals surface area contributed by atoms with Gasteiger partial charge in [0.2, 0.25) is 0 Å². The highest BCUT2D eigenvalue weighted by Crippen LogP contribution is 2.16. The molecule has 1 atom stereocenters. The number of hydrogen-bond acceptors (Lipinski definition) is 5. The van der Waals surface area contributed by atoms with Crippen LogP contribution in [0.25, 0.3) is 0 Å². The molecular weight excluding hydrogens is 282 g/mol. The van der Waals surface area contributed by atoms with Crippen molar-refractivity contribution in [1.29, 1.82) is 0 Å². The number of rotatable bonds is 4. The second kappa shape index (κ2) is 7.11. The first kappa shape index (κ1) is 14.6. The molecule has 0 aromatic carbocycles. The fourth-order valence-electron chi connectivity index (χ4n) is 2.74. The van der Waals surface area contributed by atoms with Gasteiger partial charge in [-0.15, -0.1) is 11.3 Å². The maximum Gasteiger partial charge on any atom is 0.0897 e. The van der Waals surface area contributed by atoms with Crippen LogP contribution in [0, 0.1) is 12.8 Å². The number of pyridine rings is 1. The van der Waals surface area contributed by atoms with Gasteiger partial charge in [0.05, 0.1) is 23.9 Å². The predicted molar refractivity (Wildman–Crippen MR) is 84.4 cm³/mol. The molecule has 0 bridgehead atoms. The highest BCUT2D eigenvalue weighted by atomic mass is 32.1. The zero-order chi connectivity index (χ0) is 14.5. The summed E-state index contributed by atoms with van der Waals surface area (Å²) in [4.78, 5) is 11.5. The number of nitrogens with zero attached hydrogens (tertiary/aromatic N) is 3. The molecule has 1 aliphatic rings. The van der Waals surface area contributed by atoms with Gasteiger partial charge in [0.1, 0.15) is 0 Å². The second-order valence-electron chi connectivity index (χ2n) is 5.56. The summed E-state index contributed by atoms with van der Waals surface area (Å²) in [5.74, 6) is 0.502. The zero-order valence-corrected chi connectivity index (χ0v) is 13.2. The SMILES string of the molecule is Cc1nc(CN2CCOC[C@@H](Cc3ccccn3)C2)cs1. The van der Waals surface area contributed by atoms with Crippen molar-refractivity contribution in [2.45, 2.75) is 19.9 Å². The van der Waals surface area contributed by atoms with Crippen LogP contribution in [0.4, 0.5) is 0 Å². The smallest absolute Gasteiger partial charge is 0.0897 e. The van der Waals surface area contributed by atoms with Crippen molar-refractivity contribution in [2.24, 2.45) is 5.92 Å².